The predicted octanol–water partition coefficient (Wildman–Crippen LogP) is 3.64. The zero-order valence-corrected chi connectivity index (χ0v) is 18.8. The van der Waals surface area contributed by atoms with Crippen LogP contribution in [-0.2, 0) is 26.0 Å². The number of benzene rings is 2. The number of hydrogen-bond acceptors (Lipinski definition) is 8. The van der Waals surface area contributed by atoms with Gasteiger partial charge < -0.3 is 18.9 Å². The maximum atomic E-state index is 11.8. The lowest BCUT2D eigenvalue weighted by molar-refractivity contribution is -0.385. The number of nitro groups is 1. The fourth-order valence-electron chi connectivity index (χ4n) is 3.69. The van der Waals surface area contributed by atoms with Gasteiger partial charge in [-0.2, -0.15) is 8.42 Å². The predicted molar refractivity (Wildman–Crippen MR) is 114 cm³/mol. The lowest BCUT2D eigenvalue weighted by Crippen LogP contribution is -2.16. The maximum Gasteiger partial charge on any atom is 0.294 e. The van der Waals surface area contributed by atoms with Crippen molar-refractivity contribution in [3.63, 3.8) is 0 Å². The average Bonchev–Trinajstić information content (AvgIpc) is 2.96. The summed E-state index contributed by atoms with van der Waals surface area (Å²) < 4.78 is 55.7. The van der Waals surface area contributed by atoms with Crippen molar-refractivity contribution in [2.75, 3.05) is 27.4 Å². The van der Waals surface area contributed by atoms with Crippen molar-refractivity contribution in [3.8, 4) is 11.5 Å². The summed E-state index contributed by atoms with van der Waals surface area (Å²) in [6.07, 6.45) is 0.233. The molecule has 2 aromatic carbocycles. The van der Waals surface area contributed by atoms with E-state index in [9.17, 15) is 23.1 Å². The molecule has 1 aliphatic rings. The minimum absolute atomic E-state index is 0.0112. The molecule has 0 saturated heterocycles. The van der Waals surface area contributed by atoms with Gasteiger partial charge in [-0.1, -0.05) is 0 Å². The summed E-state index contributed by atoms with van der Waals surface area (Å²) in [5.41, 5.74) is 1.57. The second-order valence-corrected chi connectivity index (χ2v) is 8.69. The molecule has 0 amide bonds. The van der Waals surface area contributed by atoms with Crippen LogP contribution in [0, 0.1) is 10.1 Å². The molecule has 2 atom stereocenters. The molecule has 0 radical (unpaired) electrons. The second-order valence-electron chi connectivity index (χ2n) is 7.30. The molecule has 0 saturated carbocycles. The van der Waals surface area contributed by atoms with E-state index < -0.39 is 32.1 Å². The molecule has 0 aromatic heterocycles. The summed E-state index contributed by atoms with van der Waals surface area (Å²) in [5, 5.41) is 11.1. The van der Waals surface area contributed by atoms with Crippen LogP contribution in [0.2, 0.25) is 0 Å². The average molecular weight is 467 g/mol. The number of methoxy groups -OCH3 is 2. The van der Waals surface area contributed by atoms with E-state index >= 15 is 0 Å². The Hall–Kier alpha value is -2.73. The van der Waals surface area contributed by atoms with E-state index in [0.717, 1.165) is 42.2 Å². The van der Waals surface area contributed by atoms with Crippen molar-refractivity contribution in [2.45, 2.75) is 36.9 Å². The minimum Gasteiger partial charge on any atom is -0.493 e. The molecule has 1 aliphatic heterocycles. The Labute approximate surface area is 186 Å². The van der Waals surface area contributed by atoms with Crippen LogP contribution in [0.15, 0.2) is 35.2 Å². The number of fused-ring (bicyclic) bond motifs is 1. The first kappa shape index (κ1) is 23.9. The van der Waals surface area contributed by atoms with Gasteiger partial charge in [0.05, 0.1) is 31.9 Å². The van der Waals surface area contributed by atoms with E-state index in [1.165, 1.54) is 7.11 Å². The van der Waals surface area contributed by atoms with Gasteiger partial charge in [-0.3, -0.25) is 14.7 Å². The smallest absolute Gasteiger partial charge is 0.294 e. The molecule has 1 N–H and O–H groups in total. The number of aryl methyl sites for hydroxylation is 1. The van der Waals surface area contributed by atoms with Crippen LogP contribution in [-0.4, -0.2) is 45.3 Å². The Morgan fingerprint density at radius 3 is 2.53 bits per heavy atom. The van der Waals surface area contributed by atoms with Crippen molar-refractivity contribution in [3.05, 3.63) is 57.1 Å². The molecular weight excluding hydrogens is 442 g/mol. The Bertz CT molecular complexity index is 1100. The summed E-state index contributed by atoms with van der Waals surface area (Å²) in [5.74, 6) is 1.15. The van der Waals surface area contributed by atoms with Crippen molar-refractivity contribution in [1.29, 1.82) is 0 Å². The number of non-ortho nitro benzene ring substituents is 1. The van der Waals surface area contributed by atoms with Gasteiger partial charge in [0, 0.05) is 24.3 Å². The first-order valence-electron chi connectivity index (χ1n) is 9.89. The van der Waals surface area contributed by atoms with Crippen LogP contribution in [0.3, 0.4) is 0 Å². The van der Waals surface area contributed by atoms with Gasteiger partial charge >= 0.3 is 0 Å². The topological polar surface area (TPSA) is 134 Å². The highest BCUT2D eigenvalue weighted by Gasteiger charge is 2.26. The van der Waals surface area contributed by atoms with Crippen molar-refractivity contribution >= 4 is 15.8 Å². The van der Waals surface area contributed by atoms with Crippen LogP contribution < -0.4 is 9.47 Å². The fraction of sp³-hybridized carbons (Fsp3) is 0.429. The summed E-state index contributed by atoms with van der Waals surface area (Å²) in [6, 6.07) is 6.83. The normalized spacial score (nSPS) is 17.2. The Kier molecular flexibility index (Phi) is 7.34. The molecule has 11 heteroatoms. The van der Waals surface area contributed by atoms with Gasteiger partial charge in [-0.05, 0) is 49.1 Å². The third-order valence-corrected chi connectivity index (χ3v) is 6.25. The molecule has 0 fully saturated rings. The number of ether oxygens (including phenoxy) is 4. The molecule has 0 aliphatic carbocycles. The van der Waals surface area contributed by atoms with E-state index in [1.54, 1.807) is 14.0 Å². The molecular formula is C21H25NO9S. The molecule has 0 bridgehead atoms. The molecule has 32 heavy (non-hydrogen) atoms. The number of nitro benzene ring substituents is 1. The largest absolute Gasteiger partial charge is 0.493 e. The van der Waals surface area contributed by atoms with E-state index in [4.69, 9.17) is 18.9 Å². The van der Waals surface area contributed by atoms with E-state index in [2.05, 4.69) is 0 Å². The molecule has 1 heterocycles. The summed E-state index contributed by atoms with van der Waals surface area (Å²) in [7, 11) is -1.50. The Morgan fingerprint density at radius 1 is 1.22 bits per heavy atom. The van der Waals surface area contributed by atoms with Crippen molar-refractivity contribution < 1.29 is 36.8 Å². The van der Waals surface area contributed by atoms with Gasteiger partial charge in [0.1, 0.15) is 11.0 Å². The summed E-state index contributed by atoms with van der Waals surface area (Å²) in [6.45, 7) is 2.10. The SMILES string of the molecule is COc1cc2c(cc1OC)C(COC(C)c1cc([N+](=O)[O-])ccc1S(=O)(=O)O)OCCC2. The number of hydrogen-bond donors (Lipinski definition) is 1. The molecule has 2 unspecified atom stereocenters. The van der Waals surface area contributed by atoms with Gasteiger partial charge in [-0.25, -0.2) is 0 Å². The maximum absolute atomic E-state index is 11.8. The number of rotatable bonds is 8. The lowest BCUT2D eigenvalue weighted by Gasteiger charge is -2.23. The van der Waals surface area contributed by atoms with Gasteiger partial charge in [0.25, 0.3) is 15.8 Å². The molecule has 0 spiro atoms. The van der Waals surface area contributed by atoms with Crippen LogP contribution in [0.1, 0.15) is 42.2 Å². The summed E-state index contributed by atoms with van der Waals surface area (Å²) >= 11 is 0. The van der Waals surface area contributed by atoms with Gasteiger partial charge in [-0.15, -0.1) is 0 Å². The van der Waals surface area contributed by atoms with Crippen LogP contribution in [0.4, 0.5) is 5.69 Å². The minimum atomic E-state index is -4.60. The highest BCUT2D eigenvalue weighted by Crippen LogP contribution is 2.37. The zero-order chi connectivity index (χ0) is 23.5. The van der Waals surface area contributed by atoms with E-state index in [0.29, 0.717) is 18.1 Å². The molecule has 10 nitrogen and oxygen atoms in total. The van der Waals surface area contributed by atoms with Crippen LogP contribution >= 0.6 is 0 Å². The van der Waals surface area contributed by atoms with Gasteiger partial charge in [0.2, 0.25) is 0 Å². The second kappa shape index (κ2) is 9.82. The monoisotopic (exact) mass is 467 g/mol. The third-order valence-electron chi connectivity index (χ3n) is 5.32. The van der Waals surface area contributed by atoms with Gasteiger partial charge in [0.15, 0.2) is 11.5 Å². The first-order chi connectivity index (χ1) is 15.2. The third kappa shape index (κ3) is 5.18. The molecule has 3 rings (SSSR count). The quantitative estimate of drug-likeness (QED) is 0.351. The van der Waals surface area contributed by atoms with Crippen molar-refractivity contribution in [2.24, 2.45) is 0 Å². The molecule has 174 valence electrons. The fourth-order valence-corrected chi connectivity index (χ4v) is 4.46. The zero-order valence-electron chi connectivity index (χ0n) is 17.9. The highest BCUT2D eigenvalue weighted by molar-refractivity contribution is 7.85. The Balaban J connectivity index is 1.89. The lowest BCUT2D eigenvalue weighted by atomic mass is 9.99. The Morgan fingerprint density at radius 2 is 1.91 bits per heavy atom. The molecule has 2 aromatic rings. The summed E-state index contributed by atoms with van der Waals surface area (Å²) in [4.78, 5) is 10.1. The van der Waals surface area contributed by atoms with E-state index in [-0.39, 0.29) is 17.9 Å². The van der Waals surface area contributed by atoms with Crippen molar-refractivity contribution in [1.82, 2.24) is 0 Å². The standard InChI is InChI=1S/C21H25NO9S/c1-13(16-10-15(22(23)24)6-7-21(16)32(25,26)27)31-12-20-17-11-19(29-3)18(28-2)9-14(17)5-4-8-30-20/h6-7,9-11,13,20H,4-5,8,12H2,1-3H3,(H,25,26,27). The first-order valence-corrected chi connectivity index (χ1v) is 11.3. The number of nitrogens with zero attached hydrogens (tertiary/aromatic N) is 1. The van der Waals surface area contributed by atoms with Crippen LogP contribution in [0.25, 0.3) is 0 Å². The highest BCUT2D eigenvalue weighted by atomic mass is 32.2. The van der Waals surface area contributed by atoms with Crippen LogP contribution in [0.5, 0.6) is 11.5 Å². The van der Waals surface area contributed by atoms with E-state index in [1.807, 2.05) is 12.1 Å².